The number of hydrogen-bond acceptors (Lipinski definition) is 4. The molecule has 0 fully saturated rings. The molecule has 4 heteroatoms. The van der Waals surface area contributed by atoms with Crippen molar-refractivity contribution in [1.29, 1.82) is 0 Å². The molecular weight excluding hydrogens is 280 g/mol. The van der Waals surface area contributed by atoms with E-state index in [9.17, 15) is 20.4 Å². The zero-order chi connectivity index (χ0) is 17.4. The van der Waals surface area contributed by atoms with Gasteiger partial charge in [-0.05, 0) is 49.2 Å². The molecule has 0 aliphatic carbocycles. The SMILES string of the molecule is CC.CC.Cc1cc(O)c(O)c(-c2cc(C)cc(O)c2O)c1. The first-order valence-electron chi connectivity index (χ1n) is 7.45. The van der Waals surface area contributed by atoms with Gasteiger partial charge in [0.1, 0.15) is 0 Å². The molecule has 0 radical (unpaired) electrons. The summed E-state index contributed by atoms with van der Waals surface area (Å²) in [5, 5.41) is 38.8. The van der Waals surface area contributed by atoms with Gasteiger partial charge in [0.2, 0.25) is 0 Å². The number of aromatic hydroxyl groups is 4. The van der Waals surface area contributed by atoms with Crippen molar-refractivity contribution >= 4 is 0 Å². The van der Waals surface area contributed by atoms with Gasteiger partial charge in [-0.1, -0.05) is 27.7 Å². The molecule has 0 spiro atoms. The minimum Gasteiger partial charge on any atom is -0.504 e. The van der Waals surface area contributed by atoms with Gasteiger partial charge in [0.25, 0.3) is 0 Å². The Morgan fingerprint density at radius 2 is 0.818 bits per heavy atom. The highest BCUT2D eigenvalue weighted by Crippen LogP contribution is 2.44. The molecule has 122 valence electrons. The van der Waals surface area contributed by atoms with E-state index in [0.717, 1.165) is 11.1 Å². The molecule has 0 saturated heterocycles. The first-order chi connectivity index (χ1) is 10.4. The third-order valence-corrected chi connectivity index (χ3v) is 2.76. The van der Waals surface area contributed by atoms with Crippen LogP contribution in [0.2, 0.25) is 0 Å². The van der Waals surface area contributed by atoms with Crippen LogP contribution >= 0.6 is 0 Å². The first-order valence-corrected chi connectivity index (χ1v) is 7.45. The van der Waals surface area contributed by atoms with E-state index in [0.29, 0.717) is 0 Å². The summed E-state index contributed by atoms with van der Waals surface area (Å²) >= 11 is 0. The lowest BCUT2D eigenvalue weighted by Crippen LogP contribution is -1.86. The van der Waals surface area contributed by atoms with Crippen LogP contribution in [0, 0.1) is 13.8 Å². The molecule has 2 aromatic carbocycles. The van der Waals surface area contributed by atoms with Crippen LogP contribution < -0.4 is 0 Å². The van der Waals surface area contributed by atoms with Crippen LogP contribution in [-0.2, 0) is 0 Å². The van der Waals surface area contributed by atoms with Crippen LogP contribution in [0.4, 0.5) is 0 Å². The second kappa shape index (κ2) is 8.82. The van der Waals surface area contributed by atoms with Crippen molar-refractivity contribution in [2.45, 2.75) is 41.5 Å². The molecule has 2 rings (SSSR count). The van der Waals surface area contributed by atoms with Crippen molar-refractivity contribution in [2.24, 2.45) is 0 Å². The molecular formula is C18H26O4. The molecule has 22 heavy (non-hydrogen) atoms. The van der Waals surface area contributed by atoms with E-state index in [1.165, 1.54) is 12.1 Å². The monoisotopic (exact) mass is 306 g/mol. The van der Waals surface area contributed by atoms with Gasteiger partial charge in [0.15, 0.2) is 23.0 Å². The average molecular weight is 306 g/mol. The van der Waals surface area contributed by atoms with E-state index in [4.69, 9.17) is 0 Å². The quantitative estimate of drug-likeness (QED) is 0.568. The molecule has 0 heterocycles. The van der Waals surface area contributed by atoms with Crippen LogP contribution in [0.3, 0.4) is 0 Å². The Morgan fingerprint density at radius 3 is 1.09 bits per heavy atom. The van der Waals surface area contributed by atoms with Gasteiger partial charge in [-0.3, -0.25) is 0 Å². The maximum Gasteiger partial charge on any atom is 0.165 e. The summed E-state index contributed by atoms with van der Waals surface area (Å²) in [6.07, 6.45) is 0. The van der Waals surface area contributed by atoms with Gasteiger partial charge in [-0.25, -0.2) is 0 Å². The second-order valence-corrected chi connectivity index (χ2v) is 4.36. The van der Waals surface area contributed by atoms with Crippen molar-refractivity contribution in [1.82, 2.24) is 0 Å². The Labute approximate surface area is 132 Å². The Hall–Kier alpha value is -2.36. The largest absolute Gasteiger partial charge is 0.504 e. The minimum absolute atomic E-state index is 0.259. The number of hydrogen-bond donors (Lipinski definition) is 4. The predicted octanol–water partition coefficient (Wildman–Crippen LogP) is 4.85. The second-order valence-electron chi connectivity index (χ2n) is 4.36. The van der Waals surface area contributed by atoms with Crippen molar-refractivity contribution in [2.75, 3.05) is 0 Å². The maximum atomic E-state index is 9.84. The number of phenols is 4. The van der Waals surface area contributed by atoms with Gasteiger partial charge in [0, 0.05) is 11.1 Å². The summed E-state index contributed by atoms with van der Waals surface area (Å²) in [4.78, 5) is 0. The van der Waals surface area contributed by atoms with Crippen LogP contribution in [0.1, 0.15) is 38.8 Å². The van der Waals surface area contributed by atoms with E-state index >= 15 is 0 Å². The summed E-state index contributed by atoms with van der Waals surface area (Å²) in [6, 6.07) is 6.10. The first kappa shape index (κ1) is 19.6. The minimum atomic E-state index is -0.319. The van der Waals surface area contributed by atoms with Crippen LogP contribution in [0.15, 0.2) is 24.3 Å². The Morgan fingerprint density at radius 1 is 0.545 bits per heavy atom. The lowest BCUT2D eigenvalue weighted by molar-refractivity contribution is 0.399. The number of aryl methyl sites for hydroxylation is 2. The number of phenolic OH excluding ortho intramolecular Hbond substituents is 4. The van der Waals surface area contributed by atoms with Crippen molar-refractivity contribution in [3.63, 3.8) is 0 Å². The summed E-state index contributed by atoms with van der Waals surface area (Å²) < 4.78 is 0. The molecule has 0 saturated carbocycles. The summed E-state index contributed by atoms with van der Waals surface area (Å²) in [5.41, 5.74) is 2.04. The molecule has 0 aromatic heterocycles. The van der Waals surface area contributed by atoms with Crippen LogP contribution in [0.5, 0.6) is 23.0 Å². The predicted molar refractivity (Wildman–Crippen MR) is 90.7 cm³/mol. The highest BCUT2D eigenvalue weighted by atomic mass is 16.3. The van der Waals surface area contributed by atoms with Gasteiger partial charge in [-0.15, -0.1) is 0 Å². The van der Waals surface area contributed by atoms with Gasteiger partial charge >= 0.3 is 0 Å². The molecule has 4 nitrogen and oxygen atoms in total. The lowest BCUT2D eigenvalue weighted by Gasteiger charge is -2.11. The molecule has 0 amide bonds. The number of benzene rings is 2. The van der Waals surface area contributed by atoms with Crippen molar-refractivity contribution < 1.29 is 20.4 Å². The summed E-state index contributed by atoms with van der Waals surface area (Å²) in [5.74, 6) is -1.16. The molecule has 2 aromatic rings. The standard InChI is InChI=1S/C14H14O4.2C2H6/c1-7-3-9(13(17)11(15)5-7)10-4-8(2)6-12(16)14(10)18;2*1-2/h3-6,15-18H,1-2H3;2*1-2H3. The Kier molecular flexibility index (Phi) is 7.88. The average Bonchev–Trinajstić information content (AvgIpc) is 2.51. The van der Waals surface area contributed by atoms with E-state index < -0.39 is 0 Å². The Balaban J connectivity index is 0.00000102. The van der Waals surface area contributed by atoms with E-state index in [1.807, 2.05) is 27.7 Å². The topological polar surface area (TPSA) is 80.9 Å². The molecule has 0 aliphatic heterocycles. The van der Waals surface area contributed by atoms with Crippen molar-refractivity contribution in [3.05, 3.63) is 35.4 Å². The fourth-order valence-electron chi connectivity index (χ4n) is 1.93. The highest BCUT2D eigenvalue weighted by Gasteiger charge is 2.16. The fraction of sp³-hybridized carbons (Fsp3) is 0.333. The van der Waals surface area contributed by atoms with Gasteiger partial charge in [0.05, 0.1) is 0 Å². The smallest absolute Gasteiger partial charge is 0.165 e. The summed E-state index contributed by atoms with van der Waals surface area (Å²) in [6.45, 7) is 11.5. The zero-order valence-electron chi connectivity index (χ0n) is 14.1. The molecule has 0 atom stereocenters. The van der Waals surface area contributed by atoms with Gasteiger partial charge < -0.3 is 20.4 Å². The van der Waals surface area contributed by atoms with Crippen LogP contribution in [-0.4, -0.2) is 20.4 Å². The van der Waals surface area contributed by atoms with Crippen LogP contribution in [0.25, 0.3) is 11.1 Å². The van der Waals surface area contributed by atoms with E-state index in [1.54, 1.807) is 26.0 Å². The molecule has 4 N–H and O–H groups in total. The summed E-state index contributed by atoms with van der Waals surface area (Å²) in [7, 11) is 0. The maximum absolute atomic E-state index is 9.84. The Bertz CT molecular complexity index is 563. The normalized spacial score (nSPS) is 9.18. The van der Waals surface area contributed by atoms with E-state index in [-0.39, 0.29) is 34.1 Å². The highest BCUT2D eigenvalue weighted by molar-refractivity contribution is 5.80. The van der Waals surface area contributed by atoms with Crippen molar-refractivity contribution in [3.8, 4) is 34.1 Å². The lowest BCUT2D eigenvalue weighted by atomic mass is 9.98. The third-order valence-electron chi connectivity index (χ3n) is 2.76. The fourth-order valence-corrected chi connectivity index (χ4v) is 1.93. The molecule has 0 aliphatic rings. The molecule has 0 unspecified atom stereocenters. The molecule has 0 bridgehead atoms. The number of rotatable bonds is 1. The van der Waals surface area contributed by atoms with E-state index in [2.05, 4.69) is 0 Å². The van der Waals surface area contributed by atoms with Gasteiger partial charge in [-0.2, -0.15) is 0 Å². The zero-order valence-corrected chi connectivity index (χ0v) is 14.1. The third kappa shape index (κ3) is 4.32.